The van der Waals surface area contributed by atoms with Crippen LogP contribution in [0.1, 0.15) is 198 Å². The number of benzene rings is 8. The number of nitrogens with one attached hydrogen (secondary N) is 3. The van der Waals surface area contributed by atoms with Crippen LogP contribution in [0, 0.1) is 13.8 Å². The summed E-state index contributed by atoms with van der Waals surface area (Å²) in [5, 5.41) is 51.7. The van der Waals surface area contributed by atoms with Crippen LogP contribution in [0.3, 0.4) is 0 Å². The fourth-order valence-electron chi connectivity index (χ4n) is 15.7. The average Bonchev–Trinajstić information content (AvgIpc) is 1.65. The Morgan fingerprint density at radius 2 is 0.846 bits per heavy atom. The van der Waals surface area contributed by atoms with E-state index in [2.05, 4.69) is 193 Å². The molecule has 0 fully saturated rings. The van der Waals surface area contributed by atoms with Crippen LogP contribution in [0.2, 0.25) is 0 Å². The van der Waals surface area contributed by atoms with Crippen molar-refractivity contribution in [2.75, 3.05) is 92.3 Å². The molecule has 130 heavy (non-hydrogen) atoms. The summed E-state index contributed by atoms with van der Waals surface area (Å²) in [6.45, 7) is 32.2. The molecular weight excluding hydrogens is 1830 g/mol. The standard InChI is InChI=1S/C35H41N3O4.C33H36N2O3.C27H33N3O5.C3H7BrO.CH2O3.BCl3.2K.H/c1-6-36-35(39)33-32(27-12-13-28-21-38(16-17-40-5)15-14-26(28)19-27)34(42-37-33)30-20-29(23(2)3)24(4)18-31(30)41-22-25-10-8-7-9-11-25;1-5-34-33(36)31-30(26-16-15-24-13-9-10-14-25(24)18-26)32(38-35-31)28-19-27(21(2)3)22(4)17-29(28)37-20-23-11-7-6-8-12-23;1-5-28-27(33)25-24(18-6-7-19-15-30(10-11-34-4)9-8-17(19)12-18)26(35-29-25)21-13-20(16(2)3)22(31)14-23(21)32;1-5-3-2-4;2-1-4-3;2-1(3)4;;;/h7-13,18-20,23H,6,14-17,21-22H2,1-5H3,(H,36,39);6-8,11-12,15-19,21H,5,9-10,13-14,20H2,1-4H3,(H,34,36);6-7,12-14,16,31-32H,5,8-11,15H2,1-4H3,(H,28,33);2-3H2,1H3;1,3H;;;;/q;;;;;;2*+1;-1/p-1. The third-order valence-electron chi connectivity index (χ3n) is 22.0. The summed E-state index contributed by atoms with van der Waals surface area (Å²) in [5.74, 6) is 2.48. The average molecular weight is 1950 g/mol. The second-order valence-electron chi connectivity index (χ2n) is 32.0. The first-order valence-corrected chi connectivity index (χ1v) is 45.7. The van der Waals surface area contributed by atoms with Crippen LogP contribution in [0.4, 0.5) is 0 Å². The number of phenols is 2. The van der Waals surface area contributed by atoms with Gasteiger partial charge in [0, 0.05) is 91.6 Å². The fourth-order valence-corrected chi connectivity index (χ4v) is 16.0. The second-order valence-corrected chi connectivity index (χ2v) is 34.7. The molecule has 0 radical (unpaired) electrons. The molecule has 1 aliphatic carbocycles. The van der Waals surface area contributed by atoms with Gasteiger partial charge in [0.1, 0.15) is 36.2 Å². The molecule has 5 N–H and O–H groups in total. The van der Waals surface area contributed by atoms with Gasteiger partial charge < -0.3 is 75.0 Å². The molecule has 3 aliphatic rings. The number of aryl methyl sites for hydroxylation is 4. The van der Waals surface area contributed by atoms with E-state index in [1.807, 2.05) is 89.2 Å². The molecule has 0 saturated carbocycles. The minimum atomic E-state index is -0.750. The number of amides is 3. The molecule has 8 aromatic carbocycles. The molecule has 0 saturated heterocycles. The Balaban J connectivity index is 0.000000280. The molecule has 2 aliphatic heterocycles. The molecular formula is C99H119BBrCl3K2N8O16. The van der Waals surface area contributed by atoms with Gasteiger partial charge in [0.25, 0.3) is 24.2 Å². The Morgan fingerprint density at radius 3 is 1.18 bits per heavy atom. The molecule has 5 heterocycles. The Bertz CT molecular complexity index is 5460. The number of methoxy groups -OCH3 is 3. The zero-order valence-electron chi connectivity index (χ0n) is 78.5. The van der Waals surface area contributed by atoms with Crippen LogP contribution < -0.4 is 133 Å². The maximum atomic E-state index is 13.3. The number of carbonyl (C=O) groups excluding carboxylic acids is 4. The maximum Gasteiger partial charge on any atom is 1.00 e. The van der Waals surface area contributed by atoms with Gasteiger partial charge in [0.05, 0.1) is 53.2 Å². The quantitative estimate of drug-likeness (QED) is 0.00918. The van der Waals surface area contributed by atoms with Crippen molar-refractivity contribution in [3.8, 4) is 90.3 Å². The topological polar surface area (TPSA) is 308 Å². The molecule has 0 atom stereocenters. The summed E-state index contributed by atoms with van der Waals surface area (Å²) >= 11 is 17.6. The van der Waals surface area contributed by atoms with Crippen molar-refractivity contribution in [2.24, 2.45) is 0 Å². The van der Waals surface area contributed by atoms with E-state index in [1.54, 1.807) is 27.4 Å². The third-order valence-corrected chi connectivity index (χ3v) is 22.4. The van der Waals surface area contributed by atoms with E-state index < -0.39 is 4.96 Å². The van der Waals surface area contributed by atoms with E-state index in [-0.39, 0.29) is 157 Å². The second kappa shape index (κ2) is 56.3. The van der Waals surface area contributed by atoms with E-state index >= 15 is 0 Å². The molecule has 0 bridgehead atoms. The molecule has 14 rings (SSSR count). The minimum absolute atomic E-state index is 0. The van der Waals surface area contributed by atoms with Crippen molar-refractivity contribution in [1.82, 2.24) is 41.2 Å². The number of hydrogen-bond donors (Lipinski definition) is 5. The summed E-state index contributed by atoms with van der Waals surface area (Å²) in [7, 11) is 5.13. The maximum absolute atomic E-state index is 13.3. The number of rotatable bonds is 30. The number of halogens is 4. The number of ether oxygens (including phenoxy) is 5. The van der Waals surface area contributed by atoms with Gasteiger partial charge in [-0.2, -0.15) is 34.4 Å². The number of aromatic nitrogens is 3. The number of hydrogen-bond acceptors (Lipinski definition) is 21. The van der Waals surface area contributed by atoms with Gasteiger partial charge in [-0.25, -0.2) is 0 Å². The Kier molecular flexibility index (Phi) is 47.6. The van der Waals surface area contributed by atoms with Gasteiger partial charge >= 0.3 is 108 Å². The third kappa shape index (κ3) is 30.7. The van der Waals surface area contributed by atoms with E-state index in [1.165, 1.54) is 63.4 Å². The Morgan fingerprint density at radius 1 is 0.500 bits per heavy atom. The van der Waals surface area contributed by atoms with Crippen LogP contribution >= 0.6 is 50.3 Å². The zero-order valence-corrected chi connectivity index (χ0v) is 87.6. The van der Waals surface area contributed by atoms with Gasteiger partial charge in [-0.3, -0.25) is 29.0 Å². The summed E-state index contributed by atoms with van der Waals surface area (Å²) in [6.07, 6.45) is 6.36. The van der Waals surface area contributed by atoms with E-state index in [0.29, 0.717) is 114 Å². The van der Waals surface area contributed by atoms with Crippen molar-refractivity contribution in [3.63, 3.8) is 0 Å². The van der Waals surface area contributed by atoms with Crippen molar-refractivity contribution in [3.05, 3.63) is 241 Å². The number of carbonyl (C=O) groups is 4. The van der Waals surface area contributed by atoms with Gasteiger partial charge in [0.2, 0.25) is 0 Å². The SMILES string of the molecule is CCNC(=O)c1noc(-c2cc(C(C)C)c(C)cc2OCc2ccccc2)c1-c1ccc2c(c1)CCCC2.CCNC(=O)c1noc(-c2cc(C(C)C)c(C)cc2OCc2ccccc2)c1-c1ccc2c(c1)CCN(CCOC)C2.CCNC(=O)c1noc(-c2cc(C(C)C)c(O)cc2O)c1-c1ccc2c(c1)CCN(CCOC)C2.COCCBr.ClB(Cl)Cl.O=CO[O-].[H-].[K+].[K+]. The number of nitrogens with zero attached hydrogens (tertiary/aromatic N) is 5. The minimum Gasteiger partial charge on any atom is -1.00 e. The number of phenolic OH excluding ortho intramolecular Hbond substituents is 2. The predicted octanol–water partition coefficient (Wildman–Crippen LogP) is 14.0. The molecule has 0 unspecified atom stereocenters. The summed E-state index contributed by atoms with van der Waals surface area (Å²) in [6, 6.07) is 50.8. The molecule has 0 spiro atoms. The van der Waals surface area contributed by atoms with E-state index in [4.69, 9.17) is 76.9 Å². The van der Waals surface area contributed by atoms with Gasteiger partial charge in [-0.15, -0.1) is 0 Å². The largest absolute Gasteiger partial charge is 1.00 e. The van der Waals surface area contributed by atoms with Gasteiger partial charge in [-0.1, -0.05) is 188 Å². The molecule has 11 aromatic rings. The first-order chi connectivity index (χ1) is 61.7. The predicted molar refractivity (Wildman–Crippen MR) is 508 cm³/mol. The zero-order chi connectivity index (χ0) is 92.5. The normalized spacial score (nSPS) is 12.4. The van der Waals surface area contributed by atoms with Gasteiger partial charge in [0.15, 0.2) is 34.4 Å². The molecule has 684 valence electrons. The van der Waals surface area contributed by atoms with Crippen LogP contribution in [-0.4, -0.2) is 157 Å². The van der Waals surface area contributed by atoms with Crippen molar-refractivity contribution < 1.29 is 181 Å². The fraction of sp³-hybridized carbons (Fsp3) is 0.384. The molecule has 3 aromatic heterocycles. The molecule has 24 nitrogen and oxygen atoms in total. The first-order valence-electron chi connectivity index (χ1n) is 43.3. The van der Waals surface area contributed by atoms with Crippen LogP contribution in [-0.2, 0) is 75.9 Å². The van der Waals surface area contributed by atoms with Crippen LogP contribution in [0.5, 0.6) is 23.0 Å². The van der Waals surface area contributed by atoms with Gasteiger partial charge in [-0.05, 0) is 210 Å². The van der Waals surface area contributed by atoms with E-state index in [0.717, 1.165) is 134 Å². The van der Waals surface area contributed by atoms with Crippen molar-refractivity contribution in [1.29, 1.82) is 0 Å². The summed E-state index contributed by atoms with van der Waals surface area (Å²) in [5.41, 5.74) is 22.6. The Labute approximate surface area is 874 Å². The summed E-state index contributed by atoms with van der Waals surface area (Å²) in [4.78, 5) is 54.5. The van der Waals surface area contributed by atoms with Crippen LogP contribution in [0.25, 0.3) is 67.4 Å². The summed E-state index contributed by atoms with van der Waals surface area (Å²) < 4.78 is 45.8. The first kappa shape index (κ1) is 110. The smallest absolute Gasteiger partial charge is 1.00 e. The van der Waals surface area contributed by atoms with E-state index in [9.17, 15) is 24.6 Å². The monoisotopic (exact) mass is 1950 g/mol. The Hall–Kier alpha value is -7.08. The number of aromatic hydroxyl groups is 2. The number of fused-ring (bicyclic) bond motifs is 3. The number of alkyl halides is 1. The van der Waals surface area contributed by atoms with Crippen molar-refractivity contribution in [2.45, 2.75) is 159 Å². The molecule has 3 amide bonds. The van der Waals surface area contributed by atoms with Crippen LogP contribution in [0.15, 0.2) is 165 Å². The van der Waals surface area contributed by atoms with Crippen molar-refractivity contribution >= 4 is 79.5 Å². The molecule has 31 heteroatoms.